The molecule has 0 spiro atoms. The van der Waals surface area contributed by atoms with Gasteiger partial charge in [0.15, 0.2) is 0 Å². The lowest BCUT2D eigenvalue weighted by Gasteiger charge is -2.21. The molecule has 6 heteroatoms. The minimum atomic E-state index is -1.07. The molecular weight excluding hydrogens is 200 g/mol. The molecular formula is C9H16N2O4. The van der Waals surface area contributed by atoms with Gasteiger partial charge in [0, 0.05) is 19.5 Å². The van der Waals surface area contributed by atoms with E-state index in [-0.39, 0.29) is 13.0 Å². The standard InChI is InChI=1S/C9H16N2O4/c1-2-3-10-9(15)11-5-6(12)4-7(11)8(13)14/h6-7,12H,2-5H2,1H3,(H,10,15)(H,13,14)/t6-,7-/m0/s1. The van der Waals surface area contributed by atoms with Crippen LogP contribution in [0.25, 0.3) is 0 Å². The molecule has 1 aliphatic rings. The number of likely N-dealkylation sites (tertiary alicyclic amines) is 1. The van der Waals surface area contributed by atoms with E-state index in [9.17, 15) is 14.7 Å². The number of carboxylic acid groups (broad SMARTS) is 1. The second-order valence-corrected chi connectivity index (χ2v) is 3.63. The van der Waals surface area contributed by atoms with E-state index in [2.05, 4.69) is 5.32 Å². The van der Waals surface area contributed by atoms with E-state index in [0.717, 1.165) is 6.42 Å². The van der Waals surface area contributed by atoms with E-state index in [1.165, 1.54) is 4.90 Å². The molecule has 1 heterocycles. The van der Waals surface area contributed by atoms with Crippen molar-refractivity contribution < 1.29 is 19.8 Å². The Morgan fingerprint density at radius 1 is 1.53 bits per heavy atom. The molecule has 86 valence electrons. The van der Waals surface area contributed by atoms with Crippen LogP contribution in [-0.4, -0.2) is 52.3 Å². The summed E-state index contributed by atoms with van der Waals surface area (Å²) >= 11 is 0. The second kappa shape index (κ2) is 4.97. The molecule has 1 fully saturated rings. The molecule has 1 rings (SSSR count). The van der Waals surface area contributed by atoms with Gasteiger partial charge in [-0.3, -0.25) is 0 Å². The fraction of sp³-hybridized carbons (Fsp3) is 0.778. The zero-order chi connectivity index (χ0) is 11.4. The summed E-state index contributed by atoms with van der Waals surface area (Å²) < 4.78 is 0. The van der Waals surface area contributed by atoms with E-state index >= 15 is 0 Å². The number of amides is 2. The first-order valence-corrected chi connectivity index (χ1v) is 5.01. The van der Waals surface area contributed by atoms with Crippen molar-refractivity contribution in [1.82, 2.24) is 10.2 Å². The second-order valence-electron chi connectivity index (χ2n) is 3.63. The maximum absolute atomic E-state index is 11.5. The van der Waals surface area contributed by atoms with Crippen molar-refractivity contribution in [2.45, 2.75) is 31.9 Å². The van der Waals surface area contributed by atoms with Gasteiger partial charge in [-0.15, -0.1) is 0 Å². The number of hydrogen-bond donors (Lipinski definition) is 3. The Balaban J connectivity index is 2.58. The molecule has 0 radical (unpaired) electrons. The van der Waals surface area contributed by atoms with Gasteiger partial charge in [-0.25, -0.2) is 9.59 Å². The molecule has 2 atom stereocenters. The number of carboxylic acids is 1. The average molecular weight is 216 g/mol. The van der Waals surface area contributed by atoms with E-state index in [1.54, 1.807) is 0 Å². The highest BCUT2D eigenvalue weighted by atomic mass is 16.4. The quantitative estimate of drug-likeness (QED) is 0.600. The summed E-state index contributed by atoms with van der Waals surface area (Å²) in [7, 11) is 0. The number of rotatable bonds is 3. The molecule has 0 unspecified atom stereocenters. The summed E-state index contributed by atoms with van der Waals surface area (Å²) in [5.41, 5.74) is 0. The smallest absolute Gasteiger partial charge is 0.326 e. The third kappa shape index (κ3) is 2.82. The molecule has 0 saturated carbocycles. The van der Waals surface area contributed by atoms with Crippen LogP contribution >= 0.6 is 0 Å². The third-order valence-corrected chi connectivity index (χ3v) is 2.35. The van der Waals surface area contributed by atoms with E-state index in [1.807, 2.05) is 6.92 Å². The van der Waals surface area contributed by atoms with Crippen molar-refractivity contribution >= 4 is 12.0 Å². The Kier molecular flexibility index (Phi) is 3.90. The van der Waals surface area contributed by atoms with E-state index < -0.39 is 24.1 Å². The minimum absolute atomic E-state index is 0.0898. The molecule has 0 aromatic heterocycles. The average Bonchev–Trinajstić information content (AvgIpc) is 2.57. The number of aliphatic carboxylic acids is 1. The van der Waals surface area contributed by atoms with Crippen LogP contribution in [0.2, 0.25) is 0 Å². The van der Waals surface area contributed by atoms with Gasteiger partial charge >= 0.3 is 12.0 Å². The lowest BCUT2D eigenvalue weighted by Crippen LogP contribution is -2.46. The fourth-order valence-corrected chi connectivity index (χ4v) is 1.61. The summed E-state index contributed by atoms with van der Waals surface area (Å²) in [6, 6.07) is -1.32. The van der Waals surface area contributed by atoms with Crippen molar-refractivity contribution in [1.29, 1.82) is 0 Å². The number of carbonyl (C=O) groups excluding carboxylic acids is 1. The largest absolute Gasteiger partial charge is 0.480 e. The highest BCUT2D eigenvalue weighted by Gasteiger charge is 2.38. The number of aliphatic hydroxyl groups is 1. The van der Waals surface area contributed by atoms with Gasteiger partial charge in [-0.05, 0) is 6.42 Å². The van der Waals surface area contributed by atoms with Crippen molar-refractivity contribution in [3.63, 3.8) is 0 Å². The van der Waals surface area contributed by atoms with Crippen LogP contribution in [0.4, 0.5) is 4.79 Å². The molecule has 1 aliphatic heterocycles. The summed E-state index contributed by atoms with van der Waals surface area (Å²) in [6.45, 7) is 2.51. The topological polar surface area (TPSA) is 89.9 Å². The van der Waals surface area contributed by atoms with Crippen molar-refractivity contribution in [2.75, 3.05) is 13.1 Å². The van der Waals surface area contributed by atoms with Gasteiger partial charge in [0.05, 0.1) is 6.10 Å². The molecule has 6 nitrogen and oxygen atoms in total. The molecule has 3 N–H and O–H groups in total. The first-order chi connectivity index (χ1) is 7.06. The Hall–Kier alpha value is -1.30. The predicted molar refractivity (Wildman–Crippen MR) is 52.4 cm³/mol. The number of aliphatic hydroxyl groups excluding tert-OH is 1. The summed E-state index contributed by atoms with van der Waals surface area (Å²) in [6.07, 6.45) is 0.160. The SMILES string of the molecule is CCCNC(=O)N1C[C@@H](O)C[C@H]1C(=O)O. The lowest BCUT2D eigenvalue weighted by molar-refractivity contribution is -0.141. The zero-order valence-electron chi connectivity index (χ0n) is 8.64. The van der Waals surface area contributed by atoms with Crippen LogP contribution in [0.5, 0.6) is 0 Å². The number of nitrogens with one attached hydrogen (secondary N) is 1. The molecule has 0 aliphatic carbocycles. The van der Waals surface area contributed by atoms with Crippen molar-refractivity contribution in [3.05, 3.63) is 0 Å². The molecule has 0 aromatic rings. The number of hydrogen-bond acceptors (Lipinski definition) is 3. The van der Waals surface area contributed by atoms with Gasteiger partial charge in [-0.1, -0.05) is 6.92 Å². The van der Waals surface area contributed by atoms with Crippen LogP contribution in [0.3, 0.4) is 0 Å². The number of nitrogens with zero attached hydrogens (tertiary/aromatic N) is 1. The van der Waals surface area contributed by atoms with E-state index in [4.69, 9.17) is 5.11 Å². The van der Waals surface area contributed by atoms with Crippen molar-refractivity contribution in [2.24, 2.45) is 0 Å². The van der Waals surface area contributed by atoms with Crippen LogP contribution in [0.1, 0.15) is 19.8 Å². The van der Waals surface area contributed by atoms with Gasteiger partial charge in [-0.2, -0.15) is 0 Å². The van der Waals surface area contributed by atoms with Crippen LogP contribution in [-0.2, 0) is 4.79 Å². The Morgan fingerprint density at radius 2 is 2.20 bits per heavy atom. The number of urea groups is 1. The normalized spacial score (nSPS) is 25.3. The molecule has 0 aromatic carbocycles. The first-order valence-electron chi connectivity index (χ1n) is 5.01. The van der Waals surface area contributed by atoms with Gasteiger partial charge in [0.25, 0.3) is 0 Å². The molecule has 15 heavy (non-hydrogen) atoms. The molecule has 0 bridgehead atoms. The van der Waals surface area contributed by atoms with Gasteiger partial charge in [0.2, 0.25) is 0 Å². The van der Waals surface area contributed by atoms with Crippen LogP contribution in [0, 0.1) is 0 Å². The predicted octanol–water partition coefficient (Wildman–Crippen LogP) is -0.374. The Bertz CT molecular complexity index is 256. The number of β-amino-alcohol motifs (C(OH)–C–C–N with tert-alkyl or cyclic N) is 1. The zero-order valence-corrected chi connectivity index (χ0v) is 8.64. The van der Waals surface area contributed by atoms with E-state index in [0.29, 0.717) is 6.54 Å². The highest BCUT2D eigenvalue weighted by molar-refractivity contribution is 5.83. The monoisotopic (exact) mass is 216 g/mol. The van der Waals surface area contributed by atoms with Gasteiger partial charge in [0.1, 0.15) is 6.04 Å². The summed E-state index contributed by atoms with van der Waals surface area (Å²) in [5.74, 6) is -1.07. The Labute approximate surface area is 87.9 Å². The number of carbonyl (C=O) groups is 2. The third-order valence-electron chi connectivity index (χ3n) is 2.35. The highest BCUT2D eigenvalue weighted by Crippen LogP contribution is 2.17. The first kappa shape index (κ1) is 11.8. The minimum Gasteiger partial charge on any atom is -0.480 e. The van der Waals surface area contributed by atoms with Gasteiger partial charge < -0.3 is 20.4 Å². The summed E-state index contributed by atoms with van der Waals surface area (Å²) in [5, 5.41) is 20.7. The molecule has 2 amide bonds. The van der Waals surface area contributed by atoms with Crippen LogP contribution < -0.4 is 5.32 Å². The maximum atomic E-state index is 11.5. The van der Waals surface area contributed by atoms with Crippen molar-refractivity contribution in [3.8, 4) is 0 Å². The summed E-state index contributed by atoms with van der Waals surface area (Å²) in [4.78, 5) is 23.5. The Morgan fingerprint density at radius 3 is 2.73 bits per heavy atom. The lowest BCUT2D eigenvalue weighted by atomic mass is 10.2. The fourth-order valence-electron chi connectivity index (χ4n) is 1.61. The van der Waals surface area contributed by atoms with Crippen LogP contribution in [0.15, 0.2) is 0 Å². The maximum Gasteiger partial charge on any atom is 0.326 e. The molecule has 1 saturated heterocycles.